The summed E-state index contributed by atoms with van der Waals surface area (Å²) in [5, 5.41) is 10.7. The Morgan fingerprint density at radius 1 is 0.275 bits per heavy atom. The zero-order valence-electron chi connectivity index (χ0n) is 67.2. The van der Waals surface area contributed by atoms with E-state index in [9.17, 15) is 43.2 Å². The highest BCUT2D eigenvalue weighted by atomic mass is 31.2. The van der Waals surface area contributed by atoms with Gasteiger partial charge in [0.05, 0.1) is 26.4 Å². The lowest BCUT2D eigenvalue weighted by Crippen LogP contribution is -2.30. The third kappa shape index (κ3) is 73.6. The van der Waals surface area contributed by atoms with Crippen LogP contribution in [0.5, 0.6) is 0 Å². The number of carbonyl (C=O) groups excluding carboxylic acids is 4. The van der Waals surface area contributed by atoms with Crippen LogP contribution in [-0.2, 0) is 65.4 Å². The van der Waals surface area contributed by atoms with Gasteiger partial charge in [0, 0.05) is 25.7 Å². The van der Waals surface area contributed by atoms with E-state index in [1.54, 1.807) is 0 Å². The Labute approximate surface area is 626 Å². The van der Waals surface area contributed by atoms with Crippen molar-refractivity contribution in [3.8, 4) is 0 Å². The standard InChI is InChI=1S/C83H162O17P2/c1-9-75(7)61-53-45-37-31-25-17-15-13-11-12-14-16-18-27-33-39-49-57-65-83(88)100-79(70-94-81(86)64-56-48-42-41-46-54-62-76(8)10-2)72-98-102(91,92)96-68-77(84)67-95-101(89,90)97-71-78(99-82(87)66-58-50-40-34-28-22-20-24-30-36-44-52-60-74(5)6)69-93-80(85)63-55-47-38-32-26-21-19-23-29-35-43-51-59-73(3)4/h73-79,84H,9-72H2,1-8H3,(H,89,90)(H,91,92)/t75?,76?,77-,78-,79-/m1/s1. The average molecular weight is 1490 g/mol. The number of ether oxygens (including phenoxy) is 4. The Morgan fingerprint density at radius 2 is 0.471 bits per heavy atom. The molecule has 17 nitrogen and oxygen atoms in total. The van der Waals surface area contributed by atoms with Gasteiger partial charge in [-0.15, -0.1) is 0 Å². The molecule has 0 aliphatic carbocycles. The molecule has 0 rings (SSSR count). The Balaban J connectivity index is 5.20. The van der Waals surface area contributed by atoms with Crippen molar-refractivity contribution >= 4 is 39.5 Å². The summed E-state index contributed by atoms with van der Waals surface area (Å²) in [5.41, 5.74) is 0. The van der Waals surface area contributed by atoms with E-state index in [2.05, 4.69) is 55.4 Å². The third-order valence-corrected chi connectivity index (χ3v) is 21.9. The van der Waals surface area contributed by atoms with Crippen LogP contribution < -0.4 is 0 Å². The van der Waals surface area contributed by atoms with Crippen LogP contribution in [0, 0.1) is 23.7 Å². The summed E-state index contributed by atoms with van der Waals surface area (Å²) in [6.07, 6.45) is 59.7. The lowest BCUT2D eigenvalue weighted by Gasteiger charge is -2.21. The van der Waals surface area contributed by atoms with Crippen molar-refractivity contribution < 1.29 is 80.2 Å². The Bertz CT molecular complexity index is 1990. The summed E-state index contributed by atoms with van der Waals surface area (Å²) in [7, 11) is -9.92. The van der Waals surface area contributed by atoms with Crippen molar-refractivity contribution in [3.05, 3.63) is 0 Å². The molecule has 19 heteroatoms. The monoisotopic (exact) mass is 1490 g/mol. The first-order valence-corrected chi connectivity index (χ1v) is 45.8. The molecule has 0 amide bonds. The quantitative estimate of drug-likeness (QED) is 0.0222. The summed E-state index contributed by atoms with van der Waals surface area (Å²) in [6, 6.07) is 0. The highest BCUT2D eigenvalue weighted by Crippen LogP contribution is 2.45. The molecule has 0 spiro atoms. The first-order valence-electron chi connectivity index (χ1n) is 42.8. The van der Waals surface area contributed by atoms with Gasteiger partial charge in [0.1, 0.15) is 19.3 Å². The molecule has 102 heavy (non-hydrogen) atoms. The van der Waals surface area contributed by atoms with Crippen molar-refractivity contribution in [2.24, 2.45) is 23.7 Å². The van der Waals surface area contributed by atoms with Crippen LogP contribution in [0.2, 0.25) is 0 Å². The summed E-state index contributed by atoms with van der Waals surface area (Å²) in [5.74, 6) is 1.05. The van der Waals surface area contributed by atoms with Gasteiger partial charge in [-0.25, -0.2) is 9.13 Å². The molecule has 0 fully saturated rings. The minimum absolute atomic E-state index is 0.107. The molecule has 0 aromatic heterocycles. The highest BCUT2D eigenvalue weighted by molar-refractivity contribution is 7.47. The van der Waals surface area contributed by atoms with E-state index in [4.69, 9.17) is 37.0 Å². The average Bonchev–Trinajstić information content (AvgIpc) is 0.934. The van der Waals surface area contributed by atoms with Crippen LogP contribution >= 0.6 is 15.6 Å². The fraction of sp³-hybridized carbons (Fsp3) is 0.952. The van der Waals surface area contributed by atoms with Crippen molar-refractivity contribution in [1.82, 2.24) is 0 Å². The first-order chi connectivity index (χ1) is 49.2. The number of aliphatic hydroxyl groups excluding tert-OH is 1. The number of esters is 4. The number of hydrogen-bond acceptors (Lipinski definition) is 15. The SMILES string of the molecule is CCC(C)CCCCCCCCCCCCCCCCCCCCC(=O)O[C@H](COC(=O)CCCCCCCCC(C)CC)COP(=O)(O)OC[C@H](O)COP(=O)(O)OC[C@@H](COC(=O)CCCCCCCCCCCCCCC(C)C)OC(=O)CCCCCCCCCCCCCCC(C)C. The molecule has 0 aromatic rings. The van der Waals surface area contributed by atoms with Crippen LogP contribution in [0.1, 0.15) is 428 Å². The number of phosphoric acid groups is 2. The second-order valence-corrected chi connectivity index (χ2v) is 34.2. The Morgan fingerprint density at radius 3 is 0.696 bits per heavy atom. The lowest BCUT2D eigenvalue weighted by atomic mass is 9.99. The van der Waals surface area contributed by atoms with Gasteiger partial charge in [-0.1, -0.05) is 376 Å². The van der Waals surface area contributed by atoms with Gasteiger partial charge in [-0.3, -0.25) is 37.3 Å². The van der Waals surface area contributed by atoms with Gasteiger partial charge < -0.3 is 33.8 Å². The van der Waals surface area contributed by atoms with Crippen LogP contribution in [0.15, 0.2) is 0 Å². The summed E-state index contributed by atoms with van der Waals surface area (Å²) >= 11 is 0. The summed E-state index contributed by atoms with van der Waals surface area (Å²) in [4.78, 5) is 73.1. The third-order valence-electron chi connectivity index (χ3n) is 20.0. The maximum absolute atomic E-state index is 13.1. The predicted octanol–water partition coefficient (Wildman–Crippen LogP) is 24.8. The largest absolute Gasteiger partial charge is 0.472 e. The minimum Gasteiger partial charge on any atom is -0.462 e. The molecule has 0 aromatic carbocycles. The van der Waals surface area contributed by atoms with Crippen molar-refractivity contribution in [1.29, 1.82) is 0 Å². The van der Waals surface area contributed by atoms with Crippen molar-refractivity contribution in [2.45, 2.75) is 446 Å². The van der Waals surface area contributed by atoms with E-state index in [1.165, 1.54) is 225 Å². The number of phosphoric ester groups is 2. The van der Waals surface area contributed by atoms with E-state index in [0.29, 0.717) is 25.7 Å². The maximum Gasteiger partial charge on any atom is 0.472 e. The van der Waals surface area contributed by atoms with Gasteiger partial charge >= 0.3 is 39.5 Å². The lowest BCUT2D eigenvalue weighted by molar-refractivity contribution is -0.161. The minimum atomic E-state index is -4.96. The van der Waals surface area contributed by atoms with E-state index in [1.807, 2.05) is 0 Å². The molecule has 606 valence electrons. The second-order valence-electron chi connectivity index (χ2n) is 31.3. The topological polar surface area (TPSA) is 237 Å². The van der Waals surface area contributed by atoms with Crippen LogP contribution in [0.25, 0.3) is 0 Å². The molecule has 3 N–H and O–H groups in total. The fourth-order valence-electron chi connectivity index (χ4n) is 12.7. The molecule has 0 saturated carbocycles. The first kappa shape index (κ1) is 100. The predicted molar refractivity (Wildman–Crippen MR) is 418 cm³/mol. The van der Waals surface area contributed by atoms with Gasteiger partial charge in [-0.05, 0) is 49.4 Å². The van der Waals surface area contributed by atoms with E-state index in [-0.39, 0.29) is 25.7 Å². The van der Waals surface area contributed by atoms with Gasteiger partial charge in [0.2, 0.25) is 0 Å². The fourth-order valence-corrected chi connectivity index (χ4v) is 14.3. The second kappa shape index (κ2) is 72.0. The summed E-state index contributed by atoms with van der Waals surface area (Å²) < 4.78 is 68.8. The number of rotatable bonds is 80. The van der Waals surface area contributed by atoms with Crippen LogP contribution in [0.4, 0.5) is 0 Å². The molecule has 0 aliphatic heterocycles. The van der Waals surface area contributed by atoms with Gasteiger partial charge in [0.15, 0.2) is 12.2 Å². The van der Waals surface area contributed by atoms with E-state index < -0.39 is 97.5 Å². The van der Waals surface area contributed by atoms with Crippen molar-refractivity contribution in [3.63, 3.8) is 0 Å². The molecule has 4 unspecified atom stereocenters. The van der Waals surface area contributed by atoms with E-state index >= 15 is 0 Å². The van der Waals surface area contributed by atoms with Gasteiger partial charge in [0.25, 0.3) is 0 Å². The zero-order valence-corrected chi connectivity index (χ0v) is 69.0. The highest BCUT2D eigenvalue weighted by Gasteiger charge is 2.30. The molecule has 0 bridgehead atoms. The molecular formula is C83H162O17P2. The zero-order chi connectivity index (χ0) is 75.3. The maximum atomic E-state index is 13.1. The molecule has 7 atom stereocenters. The Kier molecular flexibility index (Phi) is 70.6. The molecule has 0 saturated heterocycles. The van der Waals surface area contributed by atoms with Crippen molar-refractivity contribution in [2.75, 3.05) is 39.6 Å². The number of carbonyl (C=O) groups is 4. The number of unbranched alkanes of at least 4 members (excludes halogenated alkanes) is 44. The van der Waals surface area contributed by atoms with Crippen LogP contribution in [-0.4, -0.2) is 96.7 Å². The number of aliphatic hydroxyl groups is 1. The normalized spacial score (nSPS) is 14.5. The molecule has 0 heterocycles. The Hall–Kier alpha value is -1.94. The smallest absolute Gasteiger partial charge is 0.462 e. The molecule has 0 radical (unpaired) electrons. The van der Waals surface area contributed by atoms with Gasteiger partial charge in [-0.2, -0.15) is 0 Å². The van der Waals surface area contributed by atoms with E-state index in [0.717, 1.165) is 120 Å². The molecule has 0 aliphatic rings. The molecular weight excluding hydrogens is 1330 g/mol. The number of hydrogen-bond donors (Lipinski definition) is 3. The van der Waals surface area contributed by atoms with Crippen LogP contribution in [0.3, 0.4) is 0 Å². The summed E-state index contributed by atoms with van der Waals surface area (Å²) in [6.45, 7) is 14.3.